The molecule has 1 aromatic heterocycles. The van der Waals surface area contributed by atoms with Gasteiger partial charge in [-0.25, -0.2) is 4.98 Å². The van der Waals surface area contributed by atoms with Crippen molar-refractivity contribution >= 4 is 22.2 Å². The maximum Gasteiger partial charge on any atom is 0.180 e. The summed E-state index contributed by atoms with van der Waals surface area (Å²) >= 11 is 1.43. The zero-order valence-electron chi connectivity index (χ0n) is 11.2. The number of ether oxygens (including phenoxy) is 1. The van der Waals surface area contributed by atoms with Crippen LogP contribution in [0, 0.1) is 0 Å². The summed E-state index contributed by atoms with van der Waals surface area (Å²) in [6, 6.07) is 5.99. The highest BCUT2D eigenvalue weighted by Crippen LogP contribution is 2.37. The van der Waals surface area contributed by atoms with Crippen LogP contribution in [0.4, 0.5) is 10.8 Å². The third-order valence-corrected chi connectivity index (χ3v) is 3.97. The second-order valence-electron chi connectivity index (χ2n) is 4.85. The van der Waals surface area contributed by atoms with Gasteiger partial charge in [0.25, 0.3) is 0 Å². The first-order chi connectivity index (χ1) is 9.67. The van der Waals surface area contributed by atoms with E-state index < -0.39 is 0 Å². The van der Waals surface area contributed by atoms with Crippen LogP contribution in [-0.2, 0) is 0 Å². The molecule has 0 spiro atoms. The van der Waals surface area contributed by atoms with E-state index in [2.05, 4.69) is 9.88 Å². The first-order valence-corrected chi connectivity index (χ1v) is 7.43. The van der Waals surface area contributed by atoms with Gasteiger partial charge in [0.1, 0.15) is 11.9 Å². The van der Waals surface area contributed by atoms with E-state index in [0.717, 1.165) is 29.2 Å². The van der Waals surface area contributed by atoms with Gasteiger partial charge >= 0.3 is 0 Å². The van der Waals surface area contributed by atoms with E-state index in [4.69, 9.17) is 10.5 Å². The molecule has 0 fully saturated rings. The molecule has 0 bridgehead atoms. The highest BCUT2D eigenvalue weighted by molar-refractivity contribution is 7.13. The van der Waals surface area contributed by atoms with Crippen molar-refractivity contribution < 1.29 is 9.84 Å². The molecule has 3 N–H and O–H groups in total. The Hall–Kier alpha value is -1.79. The van der Waals surface area contributed by atoms with Crippen LogP contribution in [0.1, 0.15) is 6.92 Å². The quantitative estimate of drug-likeness (QED) is 0.904. The van der Waals surface area contributed by atoms with Crippen molar-refractivity contribution in [1.82, 2.24) is 4.98 Å². The van der Waals surface area contributed by atoms with Crippen molar-refractivity contribution in [3.63, 3.8) is 0 Å². The molecule has 0 saturated carbocycles. The summed E-state index contributed by atoms with van der Waals surface area (Å²) in [4.78, 5) is 6.44. The molecular formula is C14H17N3O2S. The Morgan fingerprint density at radius 3 is 3.10 bits per heavy atom. The van der Waals surface area contributed by atoms with Gasteiger partial charge in [0.15, 0.2) is 5.13 Å². The van der Waals surface area contributed by atoms with Gasteiger partial charge < -0.3 is 20.5 Å². The molecule has 1 unspecified atom stereocenters. The summed E-state index contributed by atoms with van der Waals surface area (Å²) < 4.78 is 5.84. The summed E-state index contributed by atoms with van der Waals surface area (Å²) in [5, 5.41) is 11.7. The molecule has 1 aromatic carbocycles. The van der Waals surface area contributed by atoms with Crippen molar-refractivity contribution in [2.45, 2.75) is 13.0 Å². The minimum absolute atomic E-state index is 0.120. The lowest BCUT2D eigenvalue weighted by Crippen LogP contribution is -2.39. The van der Waals surface area contributed by atoms with E-state index in [1.165, 1.54) is 11.3 Å². The van der Waals surface area contributed by atoms with Gasteiger partial charge in [-0.15, -0.1) is 11.3 Å². The zero-order valence-corrected chi connectivity index (χ0v) is 12.1. The lowest BCUT2D eigenvalue weighted by Gasteiger charge is -2.34. The summed E-state index contributed by atoms with van der Waals surface area (Å²) in [7, 11) is 0. The van der Waals surface area contributed by atoms with Crippen LogP contribution >= 0.6 is 11.3 Å². The van der Waals surface area contributed by atoms with Crippen LogP contribution in [0.2, 0.25) is 0 Å². The SMILES string of the molecule is CC1CN(CCO)c2cc(-c3csc(N)n3)ccc2O1. The summed E-state index contributed by atoms with van der Waals surface area (Å²) in [5.74, 6) is 0.851. The fourth-order valence-corrected chi connectivity index (χ4v) is 3.01. The topological polar surface area (TPSA) is 71.6 Å². The maximum absolute atomic E-state index is 9.21. The van der Waals surface area contributed by atoms with Gasteiger partial charge in [0.2, 0.25) is 0 Å². The minimum atomic E-state index is 0.120. The number of aliphatic hydroxyl groups is 1. The number of anilines is 2. The normalized spacial score (nSPS) is 17.7. The number of fused-ring (bicyclic) bond motifs is 1. The van der Waals surface area contributed by atoms with E-state index in [1.807, 2.05) is 30.5 Å². The number of rotatable bonds is 3. The third kappa shape index (κ3) is 2.44. The molecule has 106 valence electrons. The number of benzene rings is 1. The average Bonchev–Trinajstić information content (AvgIpc) is 2.85. The molecular weight excluding hydrogens is 274 g/mol. The van der Waals surface area contributed by atoms with Crippen molar-refractivity contribution in [3.05, 3.63) is 23.6 Å². The van der Waals surface area contributed by atoms with Crippen molar-refractivity contribution in [2.24, 2.45) is 0 Å². The van der Waals surface area contributed by atoms with E-state index >= 15 is 0 Å². The first-order valence-electron chi connectivity index (χ1n) is 6.55. The number of nitrogen functional groups attached to an aromatic ring is 1. The van der Waals surface area contributed by atoms with E-state index in [0.29, 0.717) is 11.7 Å². The molecule has 2 aromatic rings. The van der Waals surface area contributed by atoms with Crippen molar-refractivity contribution in [1.29, 1.82) is 0 Å². The number of β-amino-alcohol motifs (C(OH)–C–C–N with tert-alkyl or cyclic N) is 1. The van der Waals surface area contributed by atoms with Crippen LogP contribution in [0.15, 0.2) is 23.6 Å². The van der Waals surface area contributed by atoms with E-state index in [1.54, 1.807) is 0 Å². The molecule has 0 aliphatic carbocycles. The molecule has 6 heteroatoms. The van der Waals surface area contributed by atoms with Crippen LogP contribution < -0.4 is 15.4 Å². The number of aromatic nitrogens is 1. The Balaban J connectivity index is 1.99. The van der Waals surface area contributed by atoms with Gasteiger partial charge in [-0.1, -0.05) is 0 Å². The lowest BCUT2D eigenvalue weighted by molar-refractivity contribution is 0.207. The smallest absolute Gasteiger partial charge is 0.180 e. The van der Waals surface area contributed by atoms with Crippen LogP contribution in [0.3, 0.4) is 0 Å². The number of hydrogen-bond acceptors (Lipinski definition) is 6. The summed E-state index contributed by atoms with van der Waals surface area (Å²) in [6.07, 6.45) is 0.120. The molecule has 5 nitrogen and oxygen atoms in total. The summed E-state index contributed by atoms with van der Waals surface area (Å²) in [5.41, 5.74) is 8.57. The number of aliphatic hydroxyl groups excluding tert-OH is 1. The fourth-order valence-electron chi connectivity index (χ4n) is 2.44. The van der Waals surface area contributed by atoms with Gasteiger partial charge in [0, 0.05) is 17.5 Å². The van der Waals surface area contributed by atoms with Crippen LogP contribution in [0.5, 0.6) is 5.75 Å². The Labute approximate surface area is 121 Å². The molecule has 0 saturated heterocycles. The minimum Gasteiger partial charge on any atom is -0.487 e. The van der Waals surface area contributed by atoms with Crippen LogP contribution in [0.25, 0.3) is 11.3 Å². The monoisotopic (exact) mass is 291 g/mol. The van der Waals surface area contributed by atoms with Crippen LogP contribution in [-0.4, -0.2) is 35.9 Å². The lowest BCUT2D eigenvalue weighted by atomic mass is 10.1. The maximum atomic E-state index is 9.21. The van der Waals surface area contributed by atoms with Crippen molar-refractivity contribution in [3.8, 4) is 17.0 Å². The average molecular weight is 291 g/mol. The molecule has 1 aliphatic heterocycles. The number of hydrogen-bond donors (Lipinski definition) is 2. The zero-order chi connectivity index (χ0) is 14.1. The largest absolute Gasteiger partial charge is 0.487 e. The first kappa shape index (κ1) is 13.2. The molecule has 1 aliphatic rings. The second kappa shape index (κ2) is 5.30. The number of thiazole rings is 1. The molecule has 3 rings (SSSR count). The van der Waals surface area contributed by atoms with Gasteiger partial charge in [-0.2, -0.15) is 0 Å². The molecule has 0 radical (unpaired) electrons. The number of nitrogens with zero attached hydrogens (tertiary/aromatic N) is 2. The predicted molar refractivity (Wildman–Crippen MR) is 81.4 cm³/mol. The third-order valence-electron chi connectivity index (χ3n) is 3.29. The Kier molecular flexibility index (Phi) is 3.50. The van der Waals surface area contributed by atoms with E-state index in [-0.39, 0.29) is 12.7 Å². The second-order valence-corrected chi connectivity index (χ2v) is 5.74. The number of nitrogens with two attached hydrogens (primary N) is 1. The highest BCUT2D eigenvalue weighted by Gasteiger charge is 2.23. The Morgan fingerprint density at radius 2 is 2.40 bits per heavy atom. The van der Waals surface area contributed by atoms with Gasteiger partial charge in [-0.05, 0) is 25.1 Å². The van der Waals surface area contributed by atoms with Crippen molar-refractivity contribution in [2.75, 3.05) is 30.3 Å². The predicted octanol–water partition coefficient (Wildman–Crippen LogP) is 1.97. The Bertz CT molecular complexity index is 614. The van der Waals surface area contributed by atoms with Gasteiger partial charge in [-0.3, -0.25) is 0 Å². The summed E-state index contributed by atoms with van der Waals surface area (Å²) in [6.45, 7) is 3.53. The Morgan fingerprint density at radius 1 is 1.55 bits per heavy atom. The highest BCUT2D eigenvalue weighted by atomic mass is 32.1. The fraction of sp³-hybridized carbons (Fsp3) is 0.357. The molecule has 1 atom stereocenters. The van der Waals surface area contributed by atoms with Gasteiger partial charge in [0.05, 0.1) is 24.5 Å². The standard InChI is InChI=1S/C14H17N3O2S/c1-9-7-17(4-5-18)12-6-10(2-3-13(12)19-9)11-8-20-14(15)16-11/h2-3,6,8-9,18H,4-5,7H2,1H3,(H2,15,16). The van der Waals surface area contributed by atoms with E-state index in [9.17, 15) is 5.11 Å². The molecule has 20 heavy (non-hydrogen) atoms. The molecule has 2 heterocycles. The molecule has 0 amide bonds.